The summed E-state index contributed by atoms with van der Waals surface area (Å²) < 4.78 is 5.13. The number of aromatic nitrogens is 3. The second-order valence-corrected chi connectivity index (χ2v) is 6.88. The maximum absolute atomic E-state index is 10.9. The molecule has 0 spiro atoms. The fraction of sp³-hybridized carbons (Fsp3) is 0.533. The summed E-state index contributed by atoms with van der Waals surface area (Å²) in [6.07, 6.45) is 3.52. The summed E-state index contributed by atoms with van der Waals surface area (Å²) in [5, 5.41) is 15.7. The van der Waals surface area contributed by atoms with Gasteiger partial charge in [-0.3, -0.25) is 9.88 Å². The van der Waals surface area contributed by atoms with E-state index < -0.39 is 5.60 Å². The third kappa shape index (κ3) is 4.20. The highest BCUT2D eigenvalue weighted by Crippen LogP contribution is 2.27. The molecule has 2 aromatic heterocycles. The quantitative estimate of drug-likeness (QED) is 0.907. The zero-order chi connectivity index (χ0) is 16.4. The van der Waals surface area contributed by atoms with Crippen LogP contribution in [0, 0.1) is 6.92 Å². The molecule has 0 amide bonds. The van der Waals surface area contributed by atoms with Gasteiger partial charge in [0.1, 0.15) is 0 Å². The van der Waals surface area contributed by atoms with Crippen molar-refractivity contribution in [1.29, 1.82) is 0 Å². The molecule has 0 aliphatic carbocycles. The average Bonchev–Trinajstić information content (AvgIpc) is 2.86. The van der Waals surface area contributed by atoms with E-state index in [4.69, 9.17) is 27.7 Å². The van der Waals surface area contributed by atoms with Crippen molar-refractivity contribution in [3.8, 4) is 0 Å². The van der Waals surface area contributed by atoms with Gasteiger partial charge in [-0.1, -0.05) is 28.4 Å². The summed E-state index contributed by atoms with van der Waals surface area (Å²) in [5.74, 6) is 1.04. The monoisotopic (exact) mass is 356 g/mol. The maximum atomic E-state index is 10.9. The molecule has 1 N–H and O–H groups in total. The van der Waals surface area contributed by atoms with Gasteiger partial charge in [0, 0.05) is 19.3 Å². The number of piperidine rings is 1. The Morgan fingerprint density at radius 1 is 1.43 bits per heavy atom. The lowest BCUT2D eigenvalue weighted by atomic mass is 9.89. The molecule has 0 saturated carbocycles. The van der Waals surface area contributed by atoms with Crippen molar-refractivity contribution in [3.63, 3.8) is 0 Å². The van der Waals surface area contributed by atoms with Gasteiger partial charge in [0.05, 0.1) is 27.8 Å². The second-order valence-electron chi connectivity index (χ2n) is 6.03. The standard InChI is InChI=1S/C15H18Cl2N4O2/c1-10-19-14(23-20-10)6-15(22)3-2-4-21(9-15)8-13-12(17)5-11(16)7-18-13/h5,7,22H,2-4,6,8-9H2,1H3. The molecular formula is C15H18Cl2N4O2. The molecular weight excluding hydrogens is 339 g/mol. The van der Waals surface area contributed by atoms with Gasteiger partial charge in [-0.2, -0.15) is 4.98 Å². The number of nitrogens with zero attached hydrogens (tertiary/aromatic N) is 4. The van der Waals surface area contributed by atoms with Gasteiger partial charge in [0.15, 0.2) is 5.82 Å². The molecule has 1 fully saturated rings. The van der Waals surface area contributed by atoms with Gasteiger partial charge in [-0.05, 0) is 32.4 Å². The minimum Gasteiger partial charge on any atom is -0.388 e. The largest absolute Gasteiger partial charge is 0.388 e. The summed E-state index contributed by atoms with van der Waals surface area (Å²) in [7, 11) is 0. The number of pyridine rings is 1. The zero-order valence-corrected chi connectivity index (χ0v) is 14.3. The first-order chi connectivity index (χ1) is 10.9. The lowest BCUT2D eigenvalue weighted by Crippen LogP contribution is -2.49. The molecule has 2 aromatic rings. The van der Waals surface area contributed by atoms with Crippen molar-refractivity contribution in [2.45, 2.75) is 38.3 Å². The van der Waals surface area contributed by atoms with Gasteiger partial charge in [-0.25, -0.2) is 0 Å². The SMILES string of the molecule is Cc1noc(CC2(O)CCCN(Cc3ncc(Cl)cc3Cl)C2)n1. The number of likely N-dealkylation sites (tertiary alicyclic amines) is 1. The third-order valence-electron chi connectivity index (χ3n) is 3.94. The van der Waals surface area contributed by atoms with Crippen molar-refractivity contribution in [2.75, 3.05) is 13.1 Å². The average molecular weight is 357 g/mol. The Kier molecular flexibility index (Phi) is 4.87. The Balaban J connectivity index is 1.67. The highest BCUT2D eigenvalue weighted by molar-refractivity contribution is 6.34. The molecule has 1 aliphatic heterocycles. The molecule has 0 radical (unpaired) electrons. The lowest BCUT2D eigenvalue weighted by Gasteiger charge is -2.38. The molecule has 3 heterocycles. The van der Waals surface area contributed by atoms with E-state index in [-0.39, 0.29) is 0 Å². The van der Waals surface area contributed by atoms with Crippen LogP contribution in [-0.2, 0) is 13.0 Å². The molecule has 23 heavy (non-hydrogen) atoms. The molecule has 124 valence electrons. The van der Waals surface area contributed by atoms with E-state index in [2.05, 4.69) is 20.0 Å². The van der Waals surface area contributed by atoms with Crippen LogP contribution in [0.4, 0.5) is 0 Å². The van der Waals surface area contributed by atoms with Crippen LogP contribution in [0.3, 0.4) is 0 Å². The van der Waals surface area contributed by atoms with Crippen LogP contribution < -0.4 is 0 Å². The van der Waals surface area contributed by atoms with E-state index in [0.717, 1.165) is 18.7 Å². The van der Waals surface area contributed by atoms with Crippen LogP contribution in [0.2, 0.25) is 10.0 Å². The topological polar surface area (TPSA) is 75.3 Å². The van der Waals surface area contributed by atoms with E-state index in [1.807, 2.05) is 0 Å². The fourth-order valence-corrected chi connectivity index (χ4v) is 3.39. The fourth-order valence-electron chi connectivity index (χ4n) is 2.95. The molecule has 6 nitrogen and oxygen atoms in total. The summed E-state index contributed by atoms with van der Waals surface area (Å²) in [6, 6.07) is 1.68. The number of aryl methyl sites for hydroxylation is 1. The van der Waals surface area contributed by atoms with Crippen LogP contribution in [0.15, 0.2) is 16.8 Å². The van der Waals surface area contributed by atoms with Gasteiger partial charge < -0.3 is 9.63 Å². The summed E-state index contributed by atoms with van der Waals surface area (Å²) in [6.45, 7) is 3.72. The smallest absolute Gasteiger partial charge is 0.229 e. The Morgan fingerprint density at radius 3 is 2.96 bits per heavy atom. The van der Waals surface area contributed by atoms with Gasteiger partial charge in [0.25, 0.3) is 0 Å². The minimum absolute atomic E-state index is 0.353. The number of β-amino-alcohol motifs (C(OH)–C–C–N with tert-alkyl or cyclic N) is 1. The molecule has 0 aromatic carbocycles. The van der Waals surface area contributed by atoms with Crippen LogP contribution in [0.1, 0.15) is 30.3 Å². The first kappa shape index (κ1) is 16.6. The second kappa shape index (κ2) is 6.73. The summed E-state index contributed by atoms with van der Waals surface area (Å²) >= 11 is 12.1. The molecule has 0 bridgehead atoms. The van der Waals surface area contributed by atoms with Crippen LogP contribution >= 0.6 is 23.2 Å². The molecule has 3 rings (SSSR count). The highest BCUT2D eigenvalue weighted by atomic mass is 35.5. The lowest BCUT2D eigenvalue weighted by molar-refractivity contribution is -0.0376. The number of rotatable bonds is 4. The predicted molar refractivity (Wildman–Crippen MR) is 86.5 cm³/mol. The van der Waals surface area contributed by atoms with Crippen molar-refractivity contribution in [3.05, 3.63) is 39.7 Å². The summed E-state index contributed by atoms with van der Waals surface area (Å²) in [4.78, 5) is 10.6. The Hall–Kier alpha value is -1.21. The Labute approximate surface area is 144 Å². The van der Waals surface area contributed by atoms with Crippen LogP contribution in [0.5, 0.6) is 0 Å². The molecule has 1 atom stereocenters. The van der Waals surface area contributed by atoms with Crippen molar-refractivity contribution < 1.29 is 9.63 Å². The predicted octanol–water partition coefficient (Wildman–Crippen LogP) is 2.65. The third-order valence-corrected chi connectivity index (χ3v) is 4.48. The first-order valence-electron chi connectivity index (χ1n) is 7.47. The van der Waals surface area contributed by atoms with Crippen LogP contribution in [-0.4, -0.2) is 43.8 Å². The summed E-state index contributed by atoms with van der Waals surface area (Å²) in [5.41, 5.74) is -0.121. The molecule has 1 saturated heterocycles. The number of hydrogen-bond acceptors (Lipinski definition) is 6. The Bertz CT molecular complexity index is 694. The normalized spacial score (nSPS) is 22.4. The van der Waals surface area contributed by atoms with Crippen molar-refractivity contribution >= 4 is 23.2 Å². The zero-order valence-electron chi connectivity index (χ0n) is 12.8. The first-order valence-corrected chi connectivity index (χ1v) is 8.23. The Morgan fingerprint density at radius 2 is 2.26 bits per heavy atom. The number of aliphatic hydroxyl groups is 1. The number of hydrogen-bond donors (Lipinski definition) is 1. The van der Waals surface area contributed by atoms with E-state index in [1.165, 1.54) is 0 Å². The van der Waals surface area contributed by atoms with Gasteiger partial charge in [-0.15, -0.1) is 0 Å². The van der Waals surface area contributed by atoms with E-state index in [0.29, 0.717) is 47.7 Å². The van der Waals surface area contributed by atoms with Crippen molar-refractivity contribution in [2.24, 2.45) is 0 Å². The van der Waals surface area contributed by atoms with Crippen LogP contribution in [0.25, 0.3) is 0 Å². The maximum Gasteiger partial charge on any atom is 0.229 e. The minimum atomic E-state index is -0.879. The van der Waals surface area contributed by atoms with E-state index in [9.17, 15) is 5.11 Å². The molecule has 8 heteroatoms. The molecule has 1 aliphatic rings. The van der Waals surface area contributed by atoms with Gasteiger partial charge >= 0.3 is 0 Å². The van der Waals surface area contributed by atoms with Crippen molar-refractivity contribution in [1.82, 2.24) is 20.0 Å². The van der Waals surface area contributed by atoms with E-state index in [1.54, 1.807) is 19.2 Å². The van der Waals surface area contributed by atoms with Gasteiger partial charge in [0.2, 0.25) is 5.89 Å². The highest BCUT2D eigenvalue weighted by Gasteiger charge is 2.35. The number of halogens is 2. The van der Waals surface area contributed by atoms with E-state index >= 15 is 0 Å². The molecule has 1 unspecified atom stereocenters.